The topological polar surface area (TPSA) is 57.2 Å². The maximum atomic E-state index is 11.4. The number of Topliss-reactive ketones (excluding diaryl/α,β-unsaturated/α-hetero) is 1. The second-order valence-electron chi connectivity index (χ2n) is 10.4. The Hall–Kier alpha value is -3.38. The van der Waals surface area contributed by atoms with Crippen LogP contribution in [0.4, 0.5) is 5.69 Å². The lowest BCUT2D eigenvalue weighted by Gasteiger charge is -2.29. The van der Waals surface area contributed by atoms with Crippen molar-refractivity contribution in [1.29, 1.82) is 0 Å². The summed E-state index contributed by atoms with van der Waals surface area (Å²) in [5.74, 6) is 2.51. The number of ether oxygens (including phenoxy) is 1. The van der Waals surface area contributed by atoms with Gasteiger partial charge >= 0.3 is 0 Å². The number of carbonyl (C=O) groups excluding carboxylic acids is 1. The van der Waals surface area contributed by atoms with Gasteiger partial charge in [-0.3, -0.25) is 9.80 Å². The Balaban J connectivity index is 0.000000532. The second kappa shape index (κ2) is 21.3. The number of nitrogens with one attached hydrogen (secondary N) is 1. The number of allylic oxidation sites excluding steroid dienone is 2. The van der Waals surface area contributed by atoms with Crippen LogP contribution in [0.15, 0.2) is 83.7 Å². The number of hydrazine groups is 1. The van der Waals surface area contributed by atoms with Crippen LogP contribution >= 0.6 is 0 Å². The van der Waals surface area contributed by atoms with E-state index < -0.39 is 0 Å². The monoisotopic (exact) mass is 576 g/mol. The van der Waals surface area contributed by atoms with Crippen LogP contribution in [0, 0.1) is 5.92 Å². The van der Waals surface area contributed by atoms with Crippen molar-refractivity contribution in [2.45, 2.75) is 107 Å². The number of hydrogen-bond donors (Lipinski definition) is 1. The van der Waals surface area contributed by atoms with E-state index in [1.54, 1.807) is 6.92 Å². The van der Waals surface area contributed by atoms with E-state index >= 15 is 0 Å². The van der Waals surface area contributed by atoms with E-state index in [-0.39, 0.29) is 12.1 Å². The molecule has 2 aliphatic heterocycles. The number of fused-ring (bicyclic) bond motifs is 1. The molecule has 0 spiro atoms. The van der Waals surface area contributed by atoms with Crippen molar-refractivity contribution in [2.75, 3.05) is 12.4 Å². The van der Waals surface area contributed by atoms with Crippen LogP contribution in [0.1, 0.15) is 110 Å². The van der Waals surface area contributed by atoms with Crippen molar-refractivity contribution in [1.82, 2.24) is 10.0 Å². The van der Waals surface area contributed by atoms with Gasteiger partial charge < -0.3 is 10.1 Å². The Labute approximate surface area is 256 Å². The summed E-state index contributed by atoms with van der Waals surface area (Å²) in [6.45, 7) is 17.2. The molecule has 2 aromatic rings. The Morgan fingerprint density at radius 1 is 0.976 bits per heavy atom. The summed E-state index contributed by atoms with van der Waals surface area (Å²) in [7, 11) is 1.96. The zero-order valence-electron chi connectivity index (χ0n) is 27.7. The minimum Gasteiger partial charge on any atom is -0.485 e. The molecule has 2 heterocycles. The minimum absolute atomic E-state index is 0.0531. The van der Waals surface area contributed by atoms with Crippen LogP contribution < -0.4 is 5.32 Å². The lowest BCUT2D eigenvalue weighted by molar-refractivity contribution is 0.101. The van der Waals surface area contributed by atoms with Gasteiger partial charge in [0.1, 0.15) is 6.61 Å². The first kappa shape index (κ1) is 36.6. The quantitative estimate of drug-likeness (QED) is 0.270. The molecule has 6 heteroatoms. The van der Waals surface area contributed by atoms with Gasteiger partial charge in [0.05, 0.1) is 0 Å². The van der Waals surface area contributed by atoms with Gasteiger partial charge in [0.15, 0.2) is 23.7 Å². The number of ketones is 1. The lowest BCUT2D eigenvalue weighted by Crippen LogP contribution is -2.42. The van der Waals surface area contributed by atoms with E-state index in [4.69, 9.17) is 9.73 Å². The second-order valence-corrected chi connectivity index (χ2v) is 10.4. The molecule has 0 saturated carbocycles. The summed E-state index contributed by atoms with van der Waals surface area (Å²) in [5.41, 5.74) is 2.69. The van der Waals surface area contributed by atoms with Gasteiger partial charge in [0.2, 0.25) is 0 Å². The summed E-state index contributed by atoms with van der Waals surface area (Å²) in [4.78, 5) is 16.2. The number of unbranched alkanes of at least 4 members (excludes halogenated alkanes) is 1. The summed E-state index contributed by atoms with van der Waals surface area (Å²) in [6, 6.07) is 17.5. The predicted molar refractivity (Wildman–Crippen MR) is 180 cm³/mol. The molecule has 0 saturated heterocycles. The third kappa shape index (κ3) is 12.6. The van der Waals surface area contributed by atoms with E-state index in [1.165, 1.54) is 38.5 Å². The third-order valence-electron chi connectivity index (χ3n) is 6.51. The summed E-state index contributed by atoms with van der Waals surface area (Å²) in [5, 5.41) is 7.33. The predicted octanol–water partition coefficient (Wildman–Crippen LogP) is 9.83. The summed E-state index contributed by atoms with van der Waals surface area (Å²) >= 11 is 0. The molecule has 0 aromatic heterocycles. The van der Waals surface area contributed by atoms with Crippen molar-refractivity contribution in [3.05, 3.63) is 89.8 Å². The van der Waals surface area contributed by atoms with E-state index in [0.717, 1.165) is 28.8 Å². The van der Waals surface area contributed by atoms with Crippen LogP contribution in [0.3, 0.4) is 0 Å². The number of benzene rings is 2. The third-order valence-corrected chi connectivity index (χ3v) is 6.51. The number of hydrogen-bond acceptors (Lipinski definition) is 6. The average molecular weight is 577 g/mol. The Bertz CT molecular complexity index is 1090. The van der Waals surface area contributed by atoms with Gasteiger partial charge in [-0.2, -0.15) is 5.01 Å². The molecule has 2 unspecified atom stereocenters. The SMILES string of the molecule is CC.CC(=O)c1ccc(NC2N=C3C(OCc4ccccc4)=CC=CN3N2C)cc1.CCC.CCCCC(C)CCC. The highest BCUT2D eigenvalue weighted by atomic mass is 16.5. The zero-order valence-corrected chi connectivity index (χ0v) is 27.7. The standard InChI is InChI=1S/C22H22N4O2.C9H20.C3H8.C2H6/c1-16(27)18-10-12-19(13-11-18)23-22-24-21-20(9-6-14-26(21)25(22)2)28-15-17-7-4-3-5-8-17;1-4-6-8-9(3)7-5-2;1-3-2;1-2/h3-14,22-23H,15H2,1-2H3;9H,4-8H2,1-3H3;3H2,1-2H3;1-2H3. The van der Waals surface area contributed by atoms with E-state index in [0.29, 0.717) is 12.2 Å². The molecule has 2 aromatic carbocycles. The Morgan fingerprint density at radius 3 is 2.19 bits per heavy atom. The molecule has 0 fully saturated rings. The molecule has 42 heavy (non-hydrogen) atoms. The number of nitrogens with zero attached hydrogens (tertiary/aromatic N) is 3. The normalized spacial score (nSPS) is 15.7. The number of anilines is 1. The molecule has 0 amide bonds. The van der Waals surface area contributed by atoms with E-state index in [1.807, 2.05) is 104 Å². The van der Waals surface area contributed by atoms with Gasteiger partial charge in [0.25, 0.3) is 0 Å². The van der Waals surface area contributed by atoms with Gasteiger partial charge in [-0.1, -0.05) is 117 Å². The maximum Gasteiger partial charge on any atom is 0.195 e. The van der Waals surface area contributed by atoms with Gasteiger partial charge in [-0.25, -0.2) is 4.99 Å². The van der Waals surface area contributed by atoms with Crippen molar-refractivity contribution >= 4 is 17.3 Å². The van der Waals surface area contributed by atoms with Crippen molar-refractivity contribution in [2.24, 2.45) is 10.9 Å². The fourth-order valence-electron chi connectivity index (χ4n) is 4.28. The van der Waals surface area contributed by atoms with Crippen LogP contribution in [-0.2, 0) is 11.3 Å². The smallest absolute Gasteiger partial charge is 0.195 e. The molecule has 0 aliphatic carbocycles. The molecule has 0 bridgehead atoms. The van der Waals surface area contributed by atoms with Crippen LogP contribution in [0.2, 0.25) is 0 Å². The average Bonchev–Trinajstić information content (AvgIpc) is 3.33. The molecular weight excluding hydrogens is 520 g/mol. The first-order valence-corrected chi connectivity index (χ1v) is 15.9. The molecule has 1 N–H and O–H groups in total. The first-order valence-electron chi connectivity index (χ1n) is 15.9. The minimum atomic E-state index is -0.273. The highest BCUT2D eigenvalue weighted by molar-refractivity contribution is 5.99. The molecular formula is C36H56N4O2. The fraction of sp³-hybridized carbons (Fsp3) is 0.500. The van der Waals surface area contributed by atoms with Crippen LogP contribution in [0.25, 0.3) is 0 Å². The Morgan fingerprint density at radius 2 is 1.62 bits per heavy atom. The van der Waals surface area contributed by atoms with Crippen molar-refractivity contribution in [3.63, 3.8) is 0 Å². The van der Waals surface area contributed by atoms with Gasteiger partial charge in [0, 0.05) is 24.5 Å². The highest BCUT2D eigenvalue weighted by Crippen LogP contribution is 2.25. The molecule has 232 valence electrons. The van der Waals surface area contributed by atoms with Crippen molar-refractivity contribution in [3.8, 4) is 0 Å². The lowest BCUT2D eigenvalue weighted by atomic mass is 10.00. The highest BCUT2D eigenvalue weighted by Gasteiger charge is 2.33. The molecule has 6 nitrogen and oxygen atoms in total. The van der Waals surface area contributed by atoms with Crippen molar-refractivity contribution < 1.29 is 9.53 Å². The number of aliphatic imine (C=N–C) groups is 1. The molecule has 0 radical (unpaired) electrons. The maximum absolute atomic E-state index is 11.4. The van der Waals surface area contributed by atoms with E-state index in [2.05, 4.69) is 39.9 Å². The molecule has 2 atom stereocenters. The molecule has 4 rings (SSSR count). The zero-order chi connectivity index (χ0) is 31.3. The van der Waals surface area contributed by atoms with E-state index in [9.17, 15) is 4.79 Å². The largest absolute Gasteiger partial charge is 0.485 e. The van der Waals surface area contributed by atoms with Crippen LogP contribution in [-0.4, -0.2) is 35.0 Å². The Kier molecular flexibility index (Phi) is 18.6. The first-order chi connectivity index (χ1) is 20.3. The number of amidine groups is 1. The molecule has 2 aliphatic rings. The fourth-order valence-corrected chi connectivity index (χ4v) is 4.28. The van der Waals surface area contributed by atoms with Gasteiger partial charge in [-0.05, 0) is 54.8 Å². The van der Waals surface area contributed by atoms with Crippen LogP contribution in [0.5, 0.6) is 0 Å². The summed E-state index contributed by atoms with van der Waals surface area (Å²) < 4.78 is 6.02. The van der Waals surface area contributed by atoms with Gasteiger partial charge in [-0.15, -0.1) is 0 Å². The number of rotatable bonds is 11. The summed E-state index contributed by atoms with van der Waals surface area (Å²) in [6.07, 6.45) is 13.8. The number of carbonyl (C=O) groups is 1.